The quantitative estimate of drug-likeness (QED) is 0.392. The summed E-state index contributed by atoms with van der Waals surface area (Å²) < 4.78 is 41.3. The minimum Gasteiger partial charge on any atom is -0.480 e. The van der Waals surface area contributed by atoms with Crippen LogP contribution in [0.15, 0.2) is 53.5 Å². The van der Waals surface area contributed by atoms with E-state index in [1.54, 1.807) is 12.1 Å². The molecule has 0 aliphatic heterocycles. The third-order valence-electron chi connectivity index (χ3n) is 3.85. The molecule has 8 nitrogen and oxygen atoms in total. The average molecular weight is 424 g/mol. The number of amides is 1. The number of aliphatic imine (C=N–C) groups is 1. The van der Waals surface area contributed by atoms with Crippen LogP contribution in [-0.4, -0.2) is 35.3 Å². The third-order valence-corrected chi connectivity index (χ3v) is 3.85. The van der Waals surface area contributed by atoms with Crippen LogP contribution in [0.25, 0.3) is 0 Å². The molecule has 2 aromatic rings. The molecule has 0 spiro atoms. The molecule has 0 aromatic heterocycles. The van der Waals surface area contributed by atoms with E-state index in [1.165, 1.54) is 30.3 Å². The summed E-state index contributed by atoms with van der Waals surface area (Å²) >= 11 is 0. The lowest BCUT2D eigenvalue weighted by Gasteiger charge is -2.13. The fraction of sp³-hybridized carbons (Fsp3) is 0.211. The predicted octanol–water partition coefficient (Wildman–Crippen LogP) is 1.78. The number of ether oxygens (including phenoxy) is 1. The Kier molecular flexibility index (Phi) is 7.37. The Morgan fingerprint density at radius 3 is 2.37 bits per heavy atom. The van der Waals surface area contributed by atoms with Crippen molar-refractivity contribution in [3.05, 3.63) is 65.2 Å². The highest BCUT2D eigenvalue weighted by Gasteiger charge is 2.31. The largest absolute Gasteiger partial charge is 0.573 e. The number of nitrogens with one attached hydrogen (secondary N) is 1. The van der Waals surface area contributed by atoms with E-state index in [2.05, 4.69) is 15.0 Å². The van der Waals surface area contributed by atoms with Gasteiger partial charge in [0.05, 0.1) is 0 Å². The first-order valence-corrected chi connectivity index (χ1v) is 8.58. The Bertz CT molecular complexity index is 930. The average Bonchev–Trinajstić information content (AvgIpc) is 2.66. The van der Waals surface area contributed by atoms with Gasteiger partial charge in [-0.1, -0.05) is 30.3 Å². The number of carbonyl (C=O) groups excluding carboxylic acids is 1. The SMILES string of the molecule is NC(=NC(=O)c1ccc(CC(N)C(=O)O)cc1)NCc1ccccc1OC(F)(F)F. The topological polar surface area (TPSA) is 140 Å². The second-order valence-electron chi connectivity index (χ2n) is 6.16. The Morgan fingerprint density at radius 2 is 1.77 bits per heavy atom. The van der Waals surface area contributed by atoms with Crippen LogP contribution in [0.1, 0.15) is 21.5 Å². The van der Waals surface area contributed by atoms with Crippen molar-refractivity contribution in [1.82, 2.24) is 5.32 Å². The van der Waals surface area contributed by atoms with Crippen LogP contribution in [0, 0.1) is 0 Å². The van der Waals surface area contributed by atoms with E-state index in [-0.39, 0.29) is 30.1 Å². The minimum atomic E-state index is -4.84. The summed E-state index contributed by atoms with van der Waals surface area (Å²) in [5.74, 6) is -2.51. The fourth-order valence-corrected chi connectivity index (χ4v) is 2.40. The van der Waals surface area contributed by atoms with Crippen molar-refractivity contribution in [2.24, 2.45) is 16.5 Å². The molecule has 30 heavy (non-hydrogen) atoms. The van der Waals surface area contributed by atoms with Gasteiger partial charge in [-0.3, -0.25) is 9.59 Å². The number of halogens is 3. The van der Waals surface area contributed by atoms with E-state index in [9.17, 15) is 22.8 Å². The maximum absolute atomic E-state index is 12.4. The summed E-state index contributed by atoms with van der Waals surface area (Å²) in [4.78, 5) is 26.6. The number of hydrogen-bond acceptors (Lipinski definition) is 4. The fourth-order valence-electron chi connectivity index (χ4n) is 2.40. The van der Waals surface area contributed by atoms with Crippen molar-refractivity contribution < 1.29 is 32.6 Å². The summed E-state index contributed by atoms with van der Waals surface area (Å²) in [5, 5.41) is 11.4. The molecular formula is C19H19F3N4O4. The smallest absolute Gasteiger partial charge is 0.480 e. The number of guanidine groups is 1. The van der Waals surface area contributed by atoms with Gasteiger partial charge in [-0.25, -0.2) is 0 Å². The van der Waals surface area contributed by atoms with Gasteiger partial charge in [-0.2, -0.15) is 4.99 Å². The Morgan fingerprint density at radius 1 is 1.13 bits per heavy atom. The van der Waals surface area contributed by atoms with Crippen LogP contribution in [0.5, 0.6) is 5.75 Å². The Balaban J connectivity index is 1.99. The number of rotatable bonds is 7. The molecule has 2 rings (SSSR count). The number of carboxylic acid groups (broad SMARTS) is 1. The lowest BCUT2D eigenvalue weighted by atomic mass is 10.0. The highest BCUT2D eigenvalue weighted by atomic mass is 19.4. The highest BCUT2D eigenvalue weighted by molar-refractivity contribution is 6.02. The second-order valence-corrected chi connectivity index (χ2v) is 6.16. The molecule has 0 radical (unpaired) electrons. The van der Waals surface area contributed by atoms with Crippen LogP contribution >= 0.6 is 0 Å². The molecule has 0 aliphatic rings. The van der Waals surface area contributed by atoms with Crippen molar-refractivity contribution in [2.75, 3.05) is 0 Å². The van der Waals surface area contributed by atoms with E-state index in [4.69, 9.17) is 16.6 Å². The number of para-hydroxylation sites is 1. The first kappa shape index (κ1) is 22.7. The minimum absolute atomic E-state index is 0.0934. The molecule has 0 saturated carbocycles. The van der Waals surface area contributed by atoms with E-state index in [0.717, 1.165) is 6.07 Å². The van der Waals surface area contributed by atoms with Crippen molar-refractivity contribution in [1.29, 1.82) is 0 Å². The first-order valence-electron chi connectivity index (χ1n) is 8.58. The highest BCUT2D eigenvalue weighted by Crippen LogP contribution is 2.26. The van der Waals surface area contributed by atoms with Crippen molar-refractivity contribution >= 4 is 17.8 Å². The summed E-state index contributed by atoms with van der Waals surface area (Å²) in [7, 11) is 0. The maximum Gasteiger partial charge on any atom is 0.573 e. The zero-order valence-electron chi connectivity index (χ0n) is 15.5. The van der Waals surface area contributed by atoms with Gasteiger partial charge in [0.1, 0.15) is 11.8 Å². The van der Waals surface area contributed by atoms with Gasteiger partial charge in [-0.05, 0) is 30.2 Å². The van der Waals surface area contributed by atoms with E-state index in [1.807, 2.05) is 0 Å². The number of hydrogen-bond donors (Lipinski definition) is 4. The van der Waals surface area contributed by atoms with Gasteiger partial charge in [0.25, 0.3) is 5.91 Å². The molecule has 11 heteroatoms. The number of nitrogens with zero attached hydrogens (tertiary/aromatic N) is 1. The summed E-state index contributed by atoms with van der Waals surface area (Å²) in [6.45, 7) is -0.152. The van der Waals surface area contributed by atoms with Gasteiger partial charge in [0.2, 0.25) is 0 Å². The summed E-state index contributed by atoms with van der Waals surface area (Å²) in [6.07, 6.45) is -4.75. The van der Waals surface area contributed by atoms with E-state index >= 15 is 0 Å². The van der Waals surface area contributed by atoms with E-state index < -0.39 is 30.0 Å². The Hall–Kier alpha value is -3.60. The van der Waals surface area contributed by atoms with Crippen LogP contribution in [0.3, 0.4) is 0 Å². The van der Waals surface area contributed by atoms with Gasteiger partial charge < -0.3 is 26.6 Å². The van der Waals surface area contributed by atoms with Gasteiger partial charge in [0, 0.05) is 17.7 Å². The summed E-state index contributed by atoms with van der Waals surface area (Å²) in [5.41, 5.74) is 12.1. The number of carboxylic acids is 1. The number of nitrogens with two attached hydrogens (primary N) is 2. The molecule has 1 atom stereocenters. The molecule has 160 valence electrons. The number of benzene rings is 2. The Labute approximate surface area is 169 Å². The number of carbonyl (C=O) groups is 2. The molecule has 0 saturated heterocycles. The summed E-state index contributed by atoms with van der Waals surface area (Å²) in [6, 6.07) is 10.4. The zero-order valence-corrected chi connectivity index (χ0v) is 15.5. The molecule has 1 amide bonds. The van der Waals surface area contributed by atoms with Crippen LogP contribution < -0.4 is 21.5 Å². The predicted molar refractivity (Wildman–Crippen MR) is 102 cm³/mol. The maximum atomic E-state index is 12.4. The van der Waals surface area contributed by atoms with Gasteiger partial charge in [-0.15, -0.1) is 13.2 Å². The zero-order chi connectivity index (χ0) is 22.3. The van der Waals surface area contributed by atoms with Crippen molar-refractivity contribution in [2.45, 2.75) is 25.4 Å². The monoisotopic (exact) mass is 424 g/mol. The van der Waals surface area contributed by atoms with Crippen LogP contribution in [-0.2, 0) is 17.8 Å². The number of alkyl halides is 3. The van der Waals surface area contributed by atoms with Crippen LogP contribution in [0.4, 0.5) is 13.2 Å². The molecule has 0 aliphatic carbocycles. The molecule has 0 bridgehead atoms. The third kappa shape index (κ3) is 7.09. The lowest BCUT2D eigenvalue weighted by Crippen LogP contribution is -2.32. The lowest BCUT2D eigenvalue weighted by molar-refractivity contribution is -0.274. The standard InChI is InChI=1S/C19H19F3N4O4/c20-19(21,22)30-15-4-2-1-3-13(15)10-25-18(24)26-16(27)12-7-5-11(6-8-12)9-14(23)17(28)29/h1-8,14H,9-10,23H2,(H,28,29)(H3,24,25,26,27). The molecule has 0 heterocycles. The second kappa shape index (κ2) is 9.74. The van der Waals surface area contributed by atoms with Gasteiger partial charge in [0.15, 0.2) is 5.96 Å². The molecule has 2 aromatic carbocycles. The number of aliphatic carboxylic acids is 1. The normalized spacial score (nSPS) is 12.9. The van der Waals surface area contributed by atoms with Crippen LogP contribution in [0.2, 0.25) is 0 Å². The molecular weight excluding hydrogens is 405 g/mol. The first-order chi connectivity index (χ1) is 14.0. The molecule has 1 unspecified atom stereocenters. The molecule has 0 fully saturated rings. The van der Waals surface area contributed by atoms with Gasteiger partial charge >= 0.3 is 12.3 Å². The van der Waals surface area contributed by atoms with Crippen molar-refractivity contribution in [3.63, 3.8) is 0 Å². The van der Waals surface area contributed by atoms with E-state index in [0.29, 0.717) is 5.56 Å². The molecule has 6 N–H and O–H groups in total. The van der Waals surface area contributed by atoms with Crippen molar-refractivity contribution in [3.8, 4) is 5.75 Å².